The van der Waals surface area contributed by atoms with Gasteiger partial charge in [0, 0.05) is 37.2 Å². The molecule has 114 valence electrons. The molecule has 1 saturated heterocycles. The van der Waals surface area contributed by atoms with Gasteiger partial charge in [0.1, 0.15) is 0 Å². The molecule has 0 bridgehead atoms. The summed E-state index contributed by atoms with van der Waals surface area (Å²) in [5.41, 5.74) is 0. The van der Waals surface area contributed by atoms with Gasteiger partial charge in [0.05, 0.1) is 6.61 Å². The molecule has 0 saturated carbocycles. The molecule has 0 aromatic carbocycles. The quantitative estimate of drug-likeness (QED) is 0.797. The van der Waals surface area contributed by atoms with E-state index in [2.05, 4.69) is 41.6 Å². The Balaban J connectivity index is 2.08. The molecule has 2 atom stereocenters. The highest BCUT2D eigenvalue weighted by Crippen LogP contribution is 2.32. The van der Waals surface area contributed by atoms with E-state index in [1.165, 1.54) is 24.3 Å². The Bertz CT molecular complexity index is 361. The molecule has 20 heavy (non-hydrogen) atoms. The van der Waals surface area contributed by atoms with Crippen LogP contribution in [0.2, 0.25) is 0 Å². The maximum atomic E-state index is 5.33. The molecule has 1 N–H and O–H groups in total. The lowest BCUT2D eigenvalue weighted by atomic mass is 9.99. The summed E-state index contributed by atoms with van der Waals surface area (Å²) in [6, 6.07) is 5.59. The van der Waals surface area contributed by atoms with Gasteiger partial charge in [0.15, 0.2) is 0 Å². The van der Waals surface area contributed by atoms with E-state index in [-0.39, 0.29) is 0 Å². The summed E-state index contributed by atoms with van der Waals surface area (Å²) in [4.78, 5) is 4.09. The number of hydrogen-bond acceptors (Lipinski definition) is 4. The highest BCUT2D eigenvalue weighted by molar-refractivity contribution is 7.10. The fourth-order valence-electron chi connectivity index (χ4n) is 3.14. The molecule has 1 aliphatic rings. The Labute approximate surface area is 127 Å². The van der Waals surface area contributed by atoms with Crippen molar-refractivity contribution in [3.8, 4) is 0 Å². The topological polar surface area (TPSA) is 24.5 Å². The molecule has 1 aromatic rings. The van der Waals surface area contributed by atoms with Crippen LogP contribution >= 0.6 is 11.3 Å². The molecule has 2 rings (SSSR count). The van der Waals surface area contributed by atoms with Crippen LogP contribution in [0.1, 0.15) is 37.6 Å². The monoisotopic (exact) mass is 296 g/mol. The lowest BCUT2D eigenvalue weighted by Crippen LogP contribution is -2.42. The number of rotatable bonds is 8. The summed E-state index contributed by atoms with van der Waals surface area (Å²) in [7, 11) is 1.79. The smallest absolute Gasteiger partial charge is 0.0589 e. The zero-order valence-electron chi connectivity index (χ0n) is 13.0. The summed E-state index contributed by atoms with van der Waals surface area (Å²) in [6.07, 6.45) is 2.62. The van der Waals surface area contributed by atoms with Crippen molar-refractivity contribution in [3.05, 3.63) is 22.4 Å². The minimum Gasteiger partial charge on any atom is -0.383 e. The van der Waals surface area contributed by atoms with Gasteiger partial charge in [-0.1, -0.05) is 19.9 Å². The summed E-state index contributed by atoms with van der Waals surface area (Å²) in [6.45, 7) is 8.77. The molecular formula is C16H28N2OS. The van der Waals surface area contributed by atoms with Crippen LogP contribution in [0, 0.1) is 5.92 Å². The first-order valence-electron chi connectivity index (χ1n) is 7.72. The number of hydrogen-bond donors (Lipinski definition) is 1. The fourth-order valence-corrected chi connectivity index (χ4v) is 4.17. The predicted molar refractivity (Wildman–Crippen MR) is 86.4 cm³/mol. The van der Waals surface area contributed by atoms with Gasteiger partial charge in [0.25, 0.3) is 0 Å². The Morgan fingerprint density at radius 1 is 1.50 bits per heavy atom. The van der Waals surface area contributed by atoms with Crippen LogP contribution in [0.15, 0.2) is 17.5 Å². The Morgan fingerprint density at radius 2 is 2.35 bits per heavy atom. The summed E-state index contributed by atoms with van der Waals surface area (Å²) >= 11 is 1.88. The predicted octanol–water partition coefficient (Wildman–Crippen LogP) is 3.15. The number of nitrogens with one attached hydrogen (secondary N) is 1. The highest BCUT2D eigenvalue weighted by atomic mass is 32.1. The van der Waals surface area contributed by atoms with E-state index >= 15 is 0 Å². The van der Waals surface area contributed by atoms with E-state index in [1.54, 1.807) is 7.11 Å². The zero-order valence-corrected chi connectivity index (χ0v) is 13.8. The minimum atomic E-state index is 0.507. The molecule has 0 spiro atoms. The molecule has 1 aliphatic heterocycles. The third-order valence-electron chi connectivity index (χ3n) is 4.06. The molecule has 2 unspecified atom stereocenters. The van der Waals surface area contributed by atoms with E-state index in [1.807, 2.05) is 11.3 Å². The zero-order chi connectivity index (χ0) is 14.4. The molecule has 1 aromatic heterocycles. The first-order chi connectivity index (χ1) is 9.72. The van der Waals surface area contributed by atoms with E-state index in [9.17, 15) is 0 Å². The molecule has 1 fully saturated rings. The van der Waals surface area contributed by atoms with E-state index in [0.29, 0.717) is 18.0 Å². The van der Waals surface area contributed by atoms with Crippen LogP contribution in [0.25, 0.3) is 0 Å². The minimum absolute atomic E-state index is 0.507. The normalized spacial score (nSPS) is 20.9. The summed E-state index contributed by atoms with van der Waals surface area (Å²) in [5, 5.41) is 5.81. The molecule has 3 nitrogen and oxygen atoms in total. The van der Waals surface area contributed by atoms with Gasteiger partial charge in [-0.3, -0.25) is 4.90 Å². The van der Waals surface area contributed by atoms with Gasteiger partial charge in [-0.15, -0.1) is 11.3 Å². The van der Waals surface area contributed by atoms with Crippen molar-refractivity contribution in [3.63, 3.8) is 0 Å². The third-order valence-corrected chi connectivity index (χ3v) is 5.00. The Morgan fingerprint density at radius 3 is 2.90 bits per heavy atom. The van der Waals surface area contributed by atoms with Gasteiger partial charge in [-0.25, -0.2) is 0 Å². The second-order valence-electron chi connectivity index (χ2n) is 5.99. The maximum absolute atomic E-state index is 5.33. The van der Waals surface area contributed by atoms with E-state index in [0.717, 1.165) is 19.7 Å². The van der Waals surface area contributed by atoms with Crippen molar-refractivity contribution in [2.24, 2.45) is 5.92 Å². The van der Waals surface area contributed by atoms with Crippen molar-refractivity contribution in [1.82, 2.24) is 10.2 Å². The van der Waals surface area contributed by atoms with Gasteiger partial charge in [-0.05, 0) is 36.8 Å². The van der Waals surface area contributed by atoms with Gasteiger partial charge >= 0.3 is 0 Å². The van der Waals surface area contributed by atoms with Crippen LogP contribution in [-0.4, -0.2) is 44.3 Å². The lowest BCUT2D eigenvalue weighted by molar-refractivity contribution is 0.0943. The number of thiophene rings is 1. The van der Waals surface area contributed by atoms with Crippen molar-refractivity contribution < 1.29 is 4.74 Å². The van der Waals surface area contributed by atoms with Crippen molar-refractivity contribution in [1.29, 1.82) is 0 Å². The van der Waals surface area contributed by atoms with Gasteiger partial charge < -0.3 is 10.1 Å². The summed E-state index contributed by atoms with van der Waals surface area (Å²) in [5.74, 6) is 0.618. The van der Waals surface area contributed by atoms with Gasteiger partial charge in [-0.2, -0.15) is 0 Å². The van der Waals surface area contributed by atoms with Crippen LogP contribution < -0.4 is 5.32 Å². The van der Waals surface area contributed by atoms with E-state index in [4.69, 9.17) is 4.74 Å². The fraction of sp³-hybridized carbons (Fsp3) is 0.750. The lowest BCUT2D eigenvalue weighted by Gasteiger charge is -2.35. The average molecular weight is 296 g/mol. The van der Waals surface area contributed by atoms with Crippen molar-refractivity contribution in [2.45, 2.75) is 38.8 Å². The third kappa shape index (κ3) is 4.29. The highest BCUT2D eigenvalue weighted by Gasteiger charge is 2.27. The van der Waals surface area contributed by atoms with Crippen molar-refractivity contribution >= 4 is 11.3 Å². The average Bonchev–Trinajstić information content (AvgIpc) is 3.08. The van der Waals surface area contributed by atoms with Crippen LogP contribution in [0.5, 0.6) is 0 Å². The van der Waals surface area contributed by atoms with E-state index < -0.39 is 0 Å². The largest absolute Gasteiger partial charge is 0.383 e. The second-order valence-corrected chi connectivity index (χ2v) is 6.96. The Kier molecular flexibility index (Phi) is 6.49. The molecule has 2 heterocycles. The molecular weight excluding hydrogens is 268 g/mol. The summed E-state index contributed by atoms with van der Waals surface area (Å²) < 4.78 is 5.33. The first-order valence-corrected chi connectivity index (χ1v) is 8.60. The molecule has 0 amide bonds. The number of methoxy groups -OCH3 is 1. The first kappa shape index (κ1) is 16.0. The number of ether oxygens (including phenoxy) is 1. The molecule has 0 aliphatic carbocycles. The number of nitrogens with zero attached hydrogens (tertiary/aromatic N) is 1. The molecule has 0 radical (unpaired) electrons. The second kappa shape index (κ2) is 8.13. The standard InChI is InChI=1S/C16H28N2OS/c1-13(2)16(15-7-5-11-20-15)18(9-10-19-3)12-14-6-4-8-17-14/h5,7,11,13-14,16-17H,4,6,8-10,12H2,1-3H3. The molecule has 4 heteroatoms. The van der Waals surface area contributed by atoms with Gasteiger partial charge in [0.2, 0.25) is 0 Å². The maximum Gasteiger partial charge on any atom is 0.0589 e. The Hall–Kier alpha value is -0.420. The van der Waals surface area contributed by atoms with Crippen LogP contribution in [0.4, 0.5) is 0 Å². The van der Waals surface area contributed by atoms with Crippen molar-refractivity contribution in [2.75, 3.05) is 33.4 Å². The van der Waals surface area contributed by atoms with Crippen LogP contribution in [-0.2, 0) is 4.74 Å². The SMILES string of the molecule is COCCN(CC1CCCN1)C(c1cccs1)C(C)C. The van der Waals surface area contributed by atoms with Crippen LogP contribution in [0.3, 0.4) is 0 Å².